The number of hydrogen-bond acceptors (Lipinski definition) is 4. The van der Waals surface area contributed by atoms with Gasteiger partial charge >= 0.3 is 0 Å². The van der Waals surface area contributed by atoms with Crippen molar-refractivity contribution in [2.45, 2.75) is 13.0 Å². The summed E-state index contributed by atoms with van der Waals surface area (Å²) in [4.78, 5) is 0. The van der Waals surface area contributed by atoms with E-state index in [0.29, 0.717) is 11.1 Å². The number of nitrogens with zero attached hydrogens (tertiary/aromatic N) is 4. The van der Waals surface area contributed by atoms with Crippen LogP contribution < -0.4 is 0 Å². The van der Waals surface area contributed by atoms with Crippen LogP contribution in [0.1, 0.15) is 35.2 Å². The molecule has 4 heteroatoms. The van der Waals surface area contributed by atoms with E-state index in [1.54, 1.807) is 41.7 Å². The Kier molecular flexibility index (Phi) is 5.28. The van der Waals surface area contributed by atoms with Gasteiger partial charge in [0.05, 0.1) is 23.3 Å². The Hall–Kier alpha value is -3.37. The first-order valence-electron chi connectivity index (χ1n) is 7.13. The van der Waals surface area contributed by atoms with E-state index in [1.807, 2.05) is 31.2 Å². The molecule has 0 aromatic heterocycles. The molecule has 112 valence electrons. The predicted molar refractivity (Wildman–Crippen MR) is 90.4 cm³/mol. The molecule has 0 saturated carbocycles. The van der Waals surface area contributed by atoms with Crippen LogP contribution in [-0.2, 0) is 0 Å². The molecule has 0 bridgehead atoms. The van der Waals surface area contributed by atoms with Gasteiger partial charge in [-0.2, -0.15) is 15.6 Å². The SMILES string of the molecule is C=CN(/N=C\C)C(c1ccc(C#N)cc1)c1ccc(C#N)cc1. The van der Waals surface area contributed by atoms with E-state index in [9.17, 15) is 0 Å². The summed E-state index contributed by atoms with van der Waals surface area (Å²) in [7, 11) is 0. The molecule has 0 unspecified atom stereocenters. The number of hydrazone groups is 1. The lowest BCUT2D eigenvalue weighted by Gasteiger charge is -2.27. The van der Waals surface area contributed by atoms with E-state index in [1.165, 1.54) is 0 Å². The first-order valence-corrected chi connectivity index (χ1v) is 7.13. The molecule has 0 aliphatic heterocycles. The highest BCUT2D eigenvalue weighted by atomic mass is 15.5. The predicted octanol–water partition coefficient (Wildman–Crippen LogP) is 3.97. The van der Waals surface area contributed by atoms with Crippen molar-refractivity contribution in [1.29, 1.82) is 10.5 Å². The van der Waals surface area contributed by atoms with Crippen molar-refractivity contribution in [2.24, 2.45) is 5.10 Å². The Morgan fingerprint density at radius 3 is 1.70 bits per heavy atom. The van der Waals surface area contributed by atoms with Crippen LogP contribution in [0.4, 0.5) is 0 Å². The van der Waals surface area contributed by atoms with Gasteiger partial charge in [-0.15, -0.1) is 0 Å². The third kappa shape index (κ3) is 3.64. The summed E-state index contributed by atoms with van der Waals surface area (Å²) in [6.07, 6.45) is 3.35. The Balaban J connectivity index is 2.51. The smallest absolute Gasteiger partial charge is 0.102 e. The van der Waals surface area contributed by atoms with Crippen LogP contribution in [-0.4, -0.2) is 11.2 Å². The van der Waals surface area contributed by atoms with E-state index in [-0.39, 0.29) is 6.04 Å². The minimum absolute atomic E-state index is 0.177. The third-order valence-corrected chi connectivity index (χ3v) is 3.41. The number of rotatable bonds is 5. The highest BCUT2D eigenvalue weighted by Gasteiger charge is 2.19. The molecule has 2 aromatic rings. The Bertz CT molecular complexity index is 717. The molecule has 0 atom stereocenters. The number of benzene rings is 2. The van der Waals surface area contributed by atoms with Gasteiger partial charge in [-0.3, -0.25) is 5.01 Å². The van der Waals surface area contributed by atoms with Crippen LogP contribution in [0, 0.1) is 22.7 Å². The summed E-state index contributed by atoms with van der Waals surface area (Å²) in [5, 5.41) is 24.0. The lowest BCUT2D eigenvalue weighted by Crippen LogP contribution is -2.19. The topological polar surface area (TPSA) is 63.2 Å². The van der Waals surface area contributed by atoms with Gasteiger partial charge in [-0.05, 0) is 42.3 Å². The molecular weight excluding hydrogens is 284 g/mol. The van der Waals surface area contributed by atoms with Crippen LogP contribution in [0.25, 0.3) is 0 Å². The van der Waals surface area contributed by atoms with E-state index in [0.717, 1.165) is 11.1 Å². The highest BCUT2D eigenvalue weighted by molar-refractivity contribution is 5.53. The molecule has 0 heterocycles. The van der Waals surface area contributed by atoms with Gasteiger partial charge < -0.3 is 0 Å². The first kappa shape index (κ1) is 16.0. The Labute approximate surface area is 136 Å². The maximum atomic E-state index is 8.95. The molecule has 0 radical (unpaired) electrons. The van der Waals surface area contributed by atoms with Crippen LogP contribution in [0.2, 0.25) is 0 Å². The largest absolute Gasteiger partial charge is 0.262 e. The third-order valence-electron chi connectivity index (χ3n) is 3.41. The summed E-state index contributed by atoms with van der Waals surface area (Å²) in [6.45, 7) is 5.66. The highest BCUT2D eigenvalue weighted by Crippen LogP contribution is 2.29. The fourth-order valence-electron chi connectivity index (χ4n) is 2.33. The van der Waals surface area contributed by atoms with E-state index in [4.69, 9.17) is 10.5 Å². The van der Waals surface area contributed by atoms with Crippen LogP contribution >= 0.6 is 0 Å². The van der Waals surface area contributed by atoms with E-state index in [2.05, 4.69) is 23.8 Å². The number of hydrogen-bond donors (Lipinski definition) is 0. The maximum absolute atomic E-state index is 8.95. The summed E-state index contributed by atoms with van der Waals surface area (Å²) in [6, 6.07) is 18.8. The number of nitriles is 2. The summed E-state index contributed by atoms with van der Waals surface area (Å²) < 4.78 is 0. The summed E-state index contributed by atoms with van der Waals surface area (Å²) in [5.41, 5.74) is 3.19. The molecule has 2 rings (SSSR count). The second kappa shape index (κ2) is 7.59. The maximum Gasteiger partial charge on any atom is 0.102 e. The standard InChI is InChI=1S/C19H16N4/c1-3-22-23(4-2)19(17-9-5-15(13-20)6-10-17)18-11-7-16(14-21)8-12-18/h3-12,19H,2H2,1H3/b22-3-. The van der Waals surface area contributed by atoms with Gasteiger partial charge in [-0.1, -0.05) is 30.8 Å². The average molecular weight is 300 g/mol. The van der Waals surface area contributed by atoms with Crippen molar-refractivity contribution in [2.75, 3.05) is 0 Å². The van der Waals surface area contributed by atoms with Gasteiger partial charge in [-0.25, -0.2) is 0 Å². The second-order valence-electron chi connectivity index (χ2n) is 4.81. The van der Waals surface area contributed by atoms with Crippen molar-refractivity contribution in [3.63, 3.8) is 0 Å². The van der Waals surface area contributed by atoms with Crippen LogP contribution in [0.15, 0.2) is 66.4 Å². The van der Waals surface area contributed by atoms with E-state index >= 15 is 0 Å². The first-order chi connectivity index (χ1) is 11.2. The molecule has 23 heavy (non-hydrogen) atoms. The molecule has 0 aliphatic carbocycles. The van der Waals surface area contributed by atoms with Crippen LogP contribution in [0.3, 0.4) is 0 Å². The van der Waals surface area contributed by atoms with Gasteiger partial charge in [0.1, 0.15) is 6.04 Å². The molecule has 4 nitrogen and oxygen atoms in total. The zero-order chi connectivity index (χ0) is 16.7. The molecule has 0 aliphatic rings. The second-order valence-corrected chi connectivity index (χ2v) is 4.81. The molecular formula is C19H16N4. The molecule has 2 aromatic carbocycles. The minimum Gasteiger partial charge on any atom is -0.262 e. The quantitative estimate of drug-likeness (QED) is 0.620. The normalized spacial score (nSPS) is 10.3. The fourth-order valence-corrected chi connectivity index (χ4v) is 2.33. The molecule has 0 fully saturated rings. The van der Waals surface area contributed by atoms with Gasteiger partial charge in [0, 0.05) is 12.4 Å². The van der Waals surface area contributed by atoms with Crippen LogP contribution in [0.5, 0.6) is 0 Å². The molecule has 0 N–H and O–H groups in total. The van der Waals surface area contributed by atoms with Gasteiger partial charge in [0.15, 0.2) is 0 Å². The van der Waals surface area contributed by atoms with Crippen molar-refractivity contribution in [1.82, 2.24) is 5.01 Å². The Morgan fingerprint density at radius 1 is 0.957 bits per heavy atom. The van der Waals surface area contributed by atoms with Crippen molar-refractivity contribution in [3.05, 3.63) is 83.6 Å². The van der Waals surface area contributed by atoms with Crippen molar-refractivity contribution >= 4 is 6.21 Å². The zero-order valence-electron chi connectivity index (χ0n) is 12.8. The van der Waals surface area contributed by atoms with E-state index < -0.39 is 0 Å². The van der Waals surface area contributed by atoms with Crippen molar-refractivity contribution < 1.29 is 0 Å². The molecule has 0 spiro atoms. The van der Waals surface area contributed by atoms with Gasteiger partial charge in [0.2, 0.25) is 0 Å². The molecule has 0 amide bonds. The lowest BCUT2D eigenvalue weighted by atomic mass is 9.96. The zero-order valence-corrected chi connectivity index (χ0v) is 12.8. The lowest BCUT2D eigenvalue weighted by molar-refractivity contribution is 0.337. The summed E-state index contributed by atoms with van der Waals surface area (Å²) in [5.74, 6) is 0. The Morgan fingerprint density at radius 2 is 1.39 bits per heavy atom. The van der Waals surface area contributed by atoms with Crippen molar-refractivity contribution in [3.8, 4) is 12.1 Å². The average Bonchev–Trinajstić information content (AvgIpc) is 2.62. The monoisotopic (exact) mass is 300 g/mol. The molecule has 0 saturated heterocycles. The fraction of sp³-hybridized carbons (Fsp3) is 0.105. The van der Waals surface area contributed by atoms with Gasteiger partial charge in [0.25, 0.3) is 0 Å². The minimum atomic E-state index is -0.177. The summed E-state index contributed by atoms with van der Waals surface area (Å²) >= 11 is 0.